The molecular weight excluding hydrogens is 400 g/mol. The summed E-state index contributed by atoms with van der Waals surface area (Å²) in [4.78, 5) is 0.0305. The van der Waals surface area contributed by atoms with E-state index in [9.17, 15) is 16.8 Å². The third kappa shape index (κ3) is 5.42. The van der Waals surface area contributed by atoms with Crippen LogP contribution in [0.25, 0.3) is 0 Å². The number of halogens is 1. The van der Waals surface area contributed by atoms with Crippen LogP contribution < -0.4 is 9.44 Å². The largest absolute Gasteiger partial charge is 0.383 e. The molecule has 0 aliphatic heterocycles. The molecule has 1 atom stereocenters. The highest BCUT2D eigenvalue weighted by atomic mass is 35.5. The van der Waals surface area contributed by atoms with E-state index in [0.717, 1.165) is 0 Å². The van der Waals surface area contributed by atoms with Crippen LogP contribution in [0.3, 0.4) is 0 Å². The summed E-state index contributed by atoms with van der Waals surface area (Å²) in [5, 5.41) is 0.297. The minimum Gasteiger partial charge on any atom is -0.383 e. The highest BCUT2D eigenvalue weighted by molar-refractivity contribution is 7.92. The molecule has 2 aromatic carbocycles. The van der Waals surface area contributed by atoms with Crippen LogP contribution in [0.15, 0.2) is 58.3 Å². The number of ether oxygens (including phenoxy) is 1. The molecule has 2 aromatic rings. The summed E-state index contributed by atoms with van der Waals surface area (Å²) < 4.78 is 58.9. The second-order valence-electron chi connectivity index (χ2n) is 5.56. The molecule has 0 aliphatic carbocycles. The summed E-state index contributed by atoms with van der Waals surface area (Å²) in [5.41, 5.74) is 0.230. The van der Waals surface area contributed by atoms with Crippen molar-refractivity contribution in [1.82, 2.24) is 4.72 Å². The number of hydrogen-bond acceptors (Lipinski definition) is 5. The summed E-state index contributed by atoms with van der Waals surface area (Å²) in [6.07, 6.45) is 0. The van der Waals surface area contributed by atoms with Gasteiger partial charge in [-0.2, -0.15) is 0 Å². The monoisotopic (exact) mass is 418 g/mol. The summed E-state index contributed by atoms with van der Waals surface area (Å²) in [5.74, 6) is 0. The molecule has 0 saturated carbocycles. The van der Waals surface area contributed by atoms with E-state index >= 15 is 0 Å². The molecule has 1 unspecified atom stereocenters. The molecule has 7 nitrogen and oxygen atoms in total. The minimum absolute atomic E-state index is 0.0109. The normalized spacial score (nSPS) is 13.3. The van der Waals surface area contributed by atoms with Crippen LogP contribution in [0.2, 0.25) is 5.02 Å². The van der Waals surface area contributed by atoms with E-state index in [2.05, 4.69) is 9.44 Å². The van der Waals surface area contributed by atoms with Crippen LogP contribution >= 0.6 is 11.6 Å². The Kier molecular flexibility index (Phi) is 6.64. The molecule has 0 spiro atoms. The van der Waals surface area contributed by atoms with Gasteiger partial charge in [0.1, 0.15) is 0 Å². The predicted octanol–water partition coefficient (Wildman–Crippen LogP) is 2.45. The van der Waals surface area contributed by atoms with Gasteiger partial charge in [0, 0.05) is 23.9 Å². The van der Waals surface area contributed by atoms with Crippen LogP contribution in [0.5, 0.6) is 0 Å². The van der Waals surface area contributed by atoms with Crippen molar-refractivity contribution in [2.75, 3.05) is 18.4 Å². The number of rotatable bonds is 8. The van der Waals surface area contributed by atoms with E-state index in [0.29, 0.717) is 5.02 Å². The fourth-order valence-electron chi connectivity index (χ4n) is 2.17. The van der Waals surface area contributed by atoms with Crippen molar-refractivity contribution in [2.24, 2.45) is 0 Å². The molecule has 2 rings (SSSR count). The third-order valence-electron chi connectivity index (χ3n) is 3.30. The van der Waals surface area contributed by atoms with Gasteiger partial charge in [0.25, 0.3) is 10.0 Å². The van der Waals surface area contributed by atoms with Gasteiger partial charge in [0.05, 0.1) is 16.4 Å². The molecule has 0 aromatic heterocycles. The zero-order valence-electron chi connectivity index (χ0n) is 14.1. The fourth-order valence-corrected chi connectivity index (χ4v) is 4.75. The van der Waals surface area contributed by atoms with Gasteiger partial charge in [0.15, 0.2) is 0 Å². The van der Waals surface area contributed by atoms with E-state index in [1.807, 2.05) is 0 Å². The molecule has 0 aliphatic rings. The van der Waals surface area contributed by atoms with Gasteiger partial charge < -0.3 is 4.74 Å². The number of methoxy groups -OCH3 is 1. The van der Waals surface area contributed by atoms with Gasteiger partial charge >= 0.3 is 0 Å². The van der Waals surface area contributed by atoms with Crippen molar-refractivity contribution in [3.8, 4) is 0 Å². The number of nitrogens with one attached hydrogen (secondary N) is 2. The van der Waals surface area contributed by atoms with Crippen molar-refractivity contribution < 1.29 is 21.6 Å². The Morgan fingerprint density at radius 1 is 1.00 bits per heavy atom. The molecule has 0 radical (unpaired) electrons. The number of hydrogen-bond donors (Lipinski definition) is 2. The van der Waals surface area contributed by atoms with E-state index in [1.54, 1.807) is 13.0 Å². The lowest BCUT2D eigenvalue weighted by Gasteiger charge is -2.14. The Morgan fingerprint density at radius 2 is 1.65 bits per heavy atom. The Hall–Kier alpha value is -1.65. The zero-order chi connectivity index (χ0) is 19.4. The molecular formula is C16H19ClN2O5S2. The van der Waals surface area contributed by atoms with E-state index < -0.39 is 26.1 Å². The summed E-state index contributed by atoms with van der Waals surface area (Å²) >= 11 is 5.81. The number of sulfonamides is 2. The second kappa shape index (κ2) is 8.36. The summed E-state index contributed by atoms with van der Waals surface area (Å²) in [6, 6.07) is 10.8. The molecule has 10 heteroatoms. The van der Waals surface area contributed by atoms with Gasteiger partial charge in [-0.1, -0.05) is 17.7 Å². The number of anilines is 1. The van der Waals surface area contributed by atoms with Gasteiger partial charge in [-0.05, 0) is 49.4 Å². The van der Waals surface area contributed by atoms with Gasteiger partial charge in [-0.15, -0.1) is 0 Å². The lowest BCUT2D eigenvalue weighted by Crippen LogP contribution is -2.35. The molecule has 0 saturated heterocycles. The van der Waals surface area contributed by atoms with Gasteiger partial charge in [-0.25, -0.2) is 21.6 Å². The van der Waals surface area contributed by atoms with Crippen LogP contribution in [-0.2, 0) is 24.8 Å². The number of benzene rings is 2. The van der Waals surface area contributed by atoms with Crippen LogP contribution in [0, 0.1) is 0 Å². The average molecular weight is 419 g/mol. The summed E-state index contributed by atoms with van der Waals surface area (Å²) in [7, 11) is -6.07. The van der Waals surface area contributed by atoms with Crippen molar-refractivity contribution in [2.45, 2.75) is 22.8 Å². The van der Waals surface area contributed by atoms with E-state index in [4.69, 9.17) is 16.3 Å². The highest BCUT2D eigenvalue weighted by Crippen LogP contribution is 2.20. The minimum atomic E-state index is -3.83. The Balaban J connectivity index is 2.17. The van der Waals surface area contributed by atoms with Crippen molar-refractivity contribution in [3.63, 3.8) is 0 Å². The van der Waals surface area contributed by atoms with Gasteiger partial charge in [0.2, 0.25) is 10.0 Å². The first kappa shape index (κ1) is 20.7. The van der Waals surface area contributed by atoms with Crippen LogP contribution in [-0.4, -0.2) is 36.6 Å². The molecule has 0 amide bonds. The quantitative estimate of drug-likeness (QED) is 0.685. The van der Waals surface area contributed by atoms with Crippen molar-refractivity contribution in [1.29, 1.82) is 0 Å². The molecule has 2 N–H and O–H groups in total. The van der Waals surface area contributed by atoms with Crippen molar-refractivity contribution >= 4 is 37.3 Å². The standard InChI is InChI=1S/C16H19ClN2O5S2/c1-12(11-24-2)18-25(20,21)15-8-6-14(7-9-15)19-26(22,23)16-5-3-4-13(17)10-16/h3-10,12,18-19H,11H2,1-2H3. The van der Waals surface area contributed by atoms with E-state index in [-0.39, 0.29) is 22.1 Å². The maximum absolute atomic E-state index is 12.3. The fraction of sp³-hybridized carbons (Fsp3) is 0.250. The molecule has 0 fully saturated rings. The third-order valence-corrected chi connectivity index (χ3v) is 6.52. The van der Waals surface area contributed by atoms with Crippen LogP contribution in [0.1, 0.15) is 6.92 Å². The maximum atomic E-state index is 12.3. The average Bonchev–Trinajstić information content (AvgIpc) is 2.54. The Labute approximate surface area is 158 Å². The van der Waals surface area contributed by atoms with Gasteiger partial charge in [-0.3, -0.25) is 4.72 Å². The van der Waals surface area contributed by atoms with E-state index in [1.165, 1.54) is 49.6 Å². The smallest absolute Gasteiger partial charge is 0.261 e. The molecule has 0 bridgehead atoms. The lowest BCUT2D eigenvalue weighted by atomic mass is 10.3. The first-order chi connectivity index (χ1) is 12.1. The highest BCUT2D eigenvalue weighted by Gasteiger charge is 2.18. The maximum Gasteiger partial charge on any atom is 0.261 e. The first-order valence-electron chi connectivity index (χ1n) is 7.54. The summed E-state index contributed by atoms with van der Waals surface area (Å²) in [6.45, 7) is 1.91. The zero-order valence-corrected chi connectivity index (χ0v) is 16.5. The molecule has 0 heterocycles. The van der Waals surface area contributed by atoms with Crippen LogP contribution in [0.4, 0.5) is 5.69 Å². The first-order valence-corrected chi connectivity index (χ1v) is 10.9. The Morgan fingerprint density at radius 3 is 2.23 bits per heavy atom. The molecule has 26 heavy (non-hydrogen) atoms. The van der Waals surface area contributed by atoms with Crippen molar-refractivity contribution in [3.05, 3.63) is 53.6 Å². The lowest BCUT2D eigenvalue weighted by molar-refractivity contribution is 0.180. The predicted molar refractivity (Wildman–Crippen MR) is 100 cm³/mol. The second-order valence-corrected chi connectivity index (χ2v) is 9.40. The Bertz CT molecular complexity index is 960. The molecule has 142 valence electrons. The topological polar surface area (TPSA) is 102 Å². The SMILES string of the molecule is COCC(C)NS(=O)(=O)c1ccc(NS(=O)(=O)c2cccc(Cl)c2)cc1.